The Labute approximate surface area is 117 Å². The Kier molecular flexibility index (Phi) is 4.10. The van der Waals surface area contributed by atoms with Gasteiger partial charge in [0.05, 0.1) is 0 Å². The predicted octanol–water partition coefficient (Wildman–Crippen LogP) is 1.91. The molecule has 1 heterocycles. The summed E-state index contributed by atoms with van der Waals surface area (Å²) in [5.74, 6) is -2.54. The van der Waals surface area contributed by atoms with Crippen molar-refractivity contribution in [3.8, 4) is 5.95 Å². The first-order valence-corrected chi connectivity index (χ1v) is 6.08. The van der Waals surface area contributed by atoms with Crippen molar-refractivity contribution in [2.45, 2.75) is 25.1 Å². The minimum Gasteiger partial charge on any atom is -0.480 e. The second kappa shape index (κ2) is 5.66. The molecule has 0 radical (unpaired) electrons. The number of halogens is 3. The molecule has 1 aliphatic rings. The lowest BCUT2D eigenvalue weighted by molar-refractivity contribution is -0.156. The van der Waals surface area contributed by atoms with E-state index in [9.17, 15) is 22.8 Å². The third kappa shape index (κ3) is 4.40. The number of carboxylic acids is 1. The van der Waals surface area contributed by atoms with Crippen LogP contribution in [-0.4, -0.2) is 47.3 Å². The molecule has 0 spiro atoms. The highest BCUT2D eigenvalue weighted by molar-refractivity contribution is 5.94. The fourth-order valence-corrected chi connectivity index (χ4v) is 1.71. The van der Waals surface area contributed by atoms with Crippen molar-refractivity contribution in [2.75, 3.05) is 13.2 Å². The van der Waals surface area contributed by atoms with Gasteiger partial charge >= 0.3 is 12.1 Å². The third-order valence-corrected chi connectivity index (χ3v) is 2.72. The first kappa shape index (κ1) is 15.2. The van der Waals surface area contributed by atoms with Gasteiger partial charge in [-0.25, -0.2) is 0 Å². The number of carbonyl (C=O) groups is 2. The van der Waals surface area contributed by atoms with Gasteiger partial charge in [-0.05, 0) is 18.9 Å². The monoisotopic (exact) mass is 307 g/mol. The molecule has 0 aliphatic heterocycles. The number of amides is 1. The topological polar surface area (TPSA) is 80.0 Å². The zero-order chi connectivity index (χ0) is 15.6. The van der Waals surface area contributed by atoms with Crippen LogP contribution in [0.25, 0.3) is 0 Å². The van der Waals surface area contributed by atoms with Gasteiger partial charge in [0.15, 0.2) is 12.4 Å². The zero-order valence-electron chi connectivity index (χ0n) is 10.7. The molecule has 6 nitrogen and oxygen atoms in total. The second-order valence-corrected chi connectivity index (χ2v) is 4.58. The quantitative estimate of drug-likeness (QED) is 0.868. The van der Waals surface area contributed by atoms with Crippen LogP contribution in [0.2, 0.25) is 0 Å². The lowest BCUT2D eigenvalue weighted by Gasteiger charge is -2.18. The lowest BCUT2D eigenvalue weighted by Crippen LogP contribution is -2.37. The smallest absolute Gasteiger partial charge is 0.422 e. The number of carbonyl (C=O) groups excluding carboxylic acids is 1. The number of hydrogen-bond donors (Lipinski definition) is 1. The number of alkyl halides is 3. The number of ether oxygens (including phenoxy) is 1. The van der Waals surface area contributed by atoms with Crippen molar-refractivity contribution < 1.29 is 37.0 Å². The van der Waals surface area contributed by atoms with Crippen LogP contribution in [0.4, 0.5) is 13.2 Å². The second-order valence-electron chi connectivity index (χ2n) is 4.58. The molecule has 1 aromatic heterocycles. The van der Waals surface area contributed by atoms with E-state index in [1.807, 2.05) is 0 Å². The SMILES string of the molecule is O=C(O)CN(C(=O)c1ccc(OCC(F)(F)F)o1)C1CC1. The van der Waals surface area contributed by atoms with Gasteiger partial charge in [-0.1, -0.05) is 0 Å². The summed E-state index contributed by atoms with van der Waals surface area (Å²) in [6.07, 6.45) is -3.13. The van der Waals surface area contributed by atoms with Crippen molar-refractivity contribution >= 4 is 11.9 Å². The van der Waals surface area contributed by atoms with Gasteiger partial charge < -0.3 is 19.2 Å². The molecule has 1 amide bonds. The van der Waals surface area contributed by atoms with Gasteiger partial charge in [-0.3, -0.25) is 9.59 Å². The number of rotatable bonds is 6. The van der Waals surface area contributed by atoms with Crippen molar-refractivity contribution in [3.05, 3.63) is 17.9 Å². The fourth-order valence-electron chi connectivity index (χ4n) is 1.71. The molecule has 0 saturated heterocycles. The van der Waals surface area contributed by atoms with Crippen LogP contribution < -0.4 is 4.74 Å². The number of furan rings is 1. The van der Waals surface area contributed by atoms with Crippen molar-refractivity contribution in [1.82, 2.24) is 4.90 Å². The maximum Gasteiger partial charge on any atom is 0.422 e. The molecule has 1 saturated carbocycles. The van der Waals surface area contributed by atoms with Crippen molar-refractivity contribution in [1.29, 1.82) is 0 Å². The van der Waals surface area contributed by atoms with Crippen LogP contribution in [0.5, 0.6) is 5.95 Å². The van der Waals surface area contributed by atoms with Gasteiger partial charge in [0.25, 0.3) is 11.9 Å². The average molecular weight is 307 g/mol. The minimum atomic E-state index is -4.51. The largest absolute Gasteiger partial charge is 0.480 e. The molecule has 1 aliphatic carbocycles. The number of nitrogens with zero attached hydrogens (tertiary/aromatic N) is 1. The maximum absolute atomic E-state index is 12.1. The lowest BCUT2D eigenvalue weighted by atomic mass is 10.3. The summed E-state index contributed by atoms with van der Waals surface area (Å²) in [5, 5.41) is 8.76. The molecular weight excluding hydrogens is 295 g/mol. The first-order valence-electron chi connectivity index (χ1n) is 6.08. The molecule has 116 valence electrons. The van der Waals surface area contributed by atoms with E-state index in [4.69, 9.17) is 9.52 Å². The first-order chi connectivity index (χ1) is 9.76. The van der Waals surface area contributed by atoms with Crippen LogP contribution in [0, 0.1) is 0 Å². The van der Waals surface area contributed by atoms with E-state index in [1.165, 1.54) is 0 Å². The Morgan fingerprint density at radius 1 is 1.38 bits per heavy atom. The summed E-state index contributed by atoms with van der Waals surface area (Å²) < 4.78 is 45.2. The fraction of sp³-hybridized carbons (Fsp3) is 0.500. The summed E-state index contributed by atoms with van der Waals surface area (Å²) in [7, 11) is 0. The van der Waals surface area contributed by atoms with Crippen LogP contribution in [0.1, 0.15) is 23.4 Å². The number of hydrogen-bond acceptors (Lipinski definition) is 4. The van der Waals surface area contributed by atoms with E-state index in [-0.39, 0.29) is 11.8 Å². The van der Waals surface area contributed by atoms with Gasteiger partial charge in [0.2, 0.25) is 0 Å². The summed E-state index contributed by atoms with van der Waals surface area (Å²) in [5.41, 5.74) is 0. The Hall–Kier alpha value is -2.19. The number of carboxylic acid groups (broad SMARTS) is 1. The van der Waals surface area contributed by atoms with E-state index in [0.29, 0.717) is 12.8 Å². The summed E-state index contributed by atoms with van der Waals surface area (Å²) in [4.78, 5) is 23.9. The van der Waals surface area contributed by atoms with E-state index in [2.05, 4.69) is 4.74 Å². The van der Waals surface area contributed by atoms with E-state index in [0.717, 1.165) is 17.0 Å². The molecule has 0 aromatic carbocycles. The number of aliphatic carboxylic acids is 1. The molecule has 0 unspecified atom stereocenters. The van der Waals surface area contributed by atoms with Gasteiger partial charge in [0, 0.05) is 12.1 Å². The average Bonchev–Trinajstić information content (AvgIpc) is 3.09. The zero-order valence-corrected chi connectivity index (χ0v) is 10.7. The molecule has 21 heavy (non-hydrogen) atoms. The normalized spacial score (nSPS) is 14.8. The van der Waals surface area contributed by atoms with Crippen LogP contribution in [0.3, 0.4) is 0 Å². The summed E-state index contributed by atoms with van der Waals surface area (Å²) in [6, 6.07) is 2.08. The third-order valence-electron chi connectivity index (χ3n) is 2.72. The molecule has 1 aromatic rings. The highest BCUT2D eigenvalue weighted by Gasteiger charge is 2.36. The van der Waals surface area contributed by atoms with Crippen molar-refractivity contribution in [3.63, 3.8) is 0 Å². The highest BCUT2D eigenvalue weighted by Crippen LogP contribution is 2.29. The van der Waals surface area contributed by atoms with Crippen LogP contribution in [0.15, 0.2) is 16.5 Å². The van der Waals surface area contributed by atoms with Crippen LogP contribution >= 0.6 is 0 Å². The Bertz CT molecular complexity index is 535. The molecule has 0 bridgehead atoms. The van der Waals surface area contributed by atoms with Gasteiger partial charge in [-0.2, -0.15) is 13.2 Å². The molecule has 1 fully saturated rings. The molecule has 0 atom stereocenters. The van der Waals surface area contributed by atoms with Crippen LogP contribution in [-0.2, 0) is 4.79 Å². The molecule has 1 N–H and O–H groups in total. The van der Waals surface area contributed by atoms with Gasteiger partial charge in [0.1, 0.15) is 6.54 Å². The van der Waals surface area contributed by atoms with E-state index < -0.39 is 37.2 Å². The summed E-state index contributed by atoms with van der Waals surface area (Å²) in [6.45, 7) is -2.02. The molecule has 2 rings (SSSR count). The molecular formula is C12H12F3NO5. The minimum absolute atomic E-state index is 0.168. The highest BCUT2D eigenvalue weighted by atomic mass is 19.4. The van der Waals surface area contributed by atoms with Crippen molar-refractivity contribution in [2.24, 2.45) is 0 Å². The van der Waals surface area contributed by atoms with Gasteiger partial charge in [-0.15, -0.1) is 0 Å². The Morgan fingerprint density at radius 3 is 2.57 bits per heavy atom. The Morgan fingerprint density at radius 2 is 2.05 bits per heavy atom. The Balaban J connectivity index is 2.01. The standard InChI is InChI=1S/C12H12F3NO5/c13-12(14,15)6-20-10-4-3-8(21-10)11(19)16(5-9(17)18)7-1-2-7/h3-4,7H,1-2,5-6H2,(H,17,18). The predicted molar refractivity (Wildman–Crippen MR) is 62.0 cm³/mol. The molecule has 9 heteroatoms. The van der Waals surface area contributed by atoms with E-state index in [1.54, 1.807) is 0 Å². The summed E-state index contributed by atoms with van der Waals surface area (Å²) >= 11 is 0. The maximum atomic E-state index is 12.1. The van der Waals surface area contributed by atoms with E-state index >= 15 is 0 Å².